The highest BCUT2D eigenvalue weighted by Gasteiger charge is 2.47. The van der Waals surface area contributed by atoms with Crippen molar-refractivity contribution in [2.75, 3.05) is 0 Å². The molecule has 34 heteroatoms. The van der Waals surface area contributed by atoms with Crippen molar-refractivity contribution in [3.8, 4) is 0 Å². The van der Waals surface area contributed by atoms with Gasteiger partial charge in [-0.05, 0) is 25.7 Å². The van der Waals surface area contributed by atoms with Crippen molar-refractivity contribution in [3.05, 3.63) is 192 Å². The van der Waals surface area contributed by atoms with Gasteiger partial charge in [-0.25, -0.2) is 137 Å². The molecule has 1 N–H and O–H groups in total. The van der Waals surface area contributed by atoms with Gasteiger partial charge in [-0.1, -0.05) is 194 Å². The fraction of sp³-hybridized carbons (Fsp3) is 0.466. The maximum Gasteiger partial charge on any atom is 0.265 e. The van der Waals surface area contributed by atoms with Crippen LogP contribution in [0.25, 0.3) is 0 Å². The largest absolute Gasteiger partial charge is 0.348 e. The Bertz CT molecular complexity index is 3370. The van der Waals surface area contributed by atoms with E-state index in [9.17, 15) is 132 Å². The maximum absolute atomic E-state index is 14.4. The lowest BCUT2D eigenvalue weighted by Crippen LogP contribution is -2.60. The summed E-state index contributed by atoms with van der Waals surface area (Å²) in [7, 11) is 0. The number of imidazole rings is 1. The molecule has 6 aromatic carbocycles. The number of unbranched alkanes of at least 4 members (excludes halogenated alkanes) is 28. The van der Waals surface area contributed by atoms with Gasteiger partial charge in [-0.3, -0.25) is 0 Å². The van der Waals surface area contributed by atoms with Crippen LogP contribution in [0, 0.1) is 175 Å². The van der Waals surface area contributed by atoms with Crippen LogP contribution in [-0.4, -0.2) is 23.4 Å². The molecule has 0 saturated carbocycles. The summed E-state index contributed by atoms with van der Waals surface area (Å²) in [5.41, 5.74) is -13.3. The average molecular weight is 1570 g/mol. The van der Waals surface area contributed by atoms with E-state index in [0.717, 1.165) is 0 Å². The summed E-state index contributed by atoms with van der Waals surface area (Å²) in [6.07, 6.45) is 47.3. The highest BCUT2D eigenvalue weighted by atomic mass is 19.2. The van der Waals surface area contributed by atoms with Gasteiger partial charge in [0, 0.05) is 38.5 Å². The third-order valence-electron chi connectivity index (χ3n) is 18.0. The first-order valence-electron chi connectivity index (χ1n) is 34.8. The molecule has 0 spiro atoms. The first-order chi connectivity index (χ1) is 50.7. The number of hydrogen-bond donors (Lipinski definition) is 1. The highest BCUT2D eigenvalue weighted by Crippen LogP contribution is 2.28. The molecule has 0 fully saturated rings. The summed E-state index contributed by atoms with van der Waals surface area (Å²) < 4.78 is 417. The number of rotatable bonds is 38. The number of aromatic amines is 1. The predicted octanol–water partition coefficient (Wildman–Crippen LogP) is 21.8. The van der Waals surface area contributed by atoms with E-state index >= 15 is 0 Å². The van der Waals surface area contributed by atoms with Gasteiger partial charge in [0.05, 0.1) is 12.0 Å². The van der Waals surface area contributed by atoms with Crippen LogP contribution in [-0.2, 0) is 12.8 Å². The zero-order chi connectivity index (χ0) is 79.8. The molecule has 2 nitrogen and oxygen atoms in total. The Morgan fingerprint density at radius 2 is 0.336 bits per heavy atom. The summed E-state index contributed by atoms with van der Waals surface area (Å²) in [4.78, 5) is 8.10. The van der Waals surface area contributed by atoms with E-state index in [-0.39, 0.29) is 0 Å². The van der Waals surface area contributed by atoms with Crippen LogP contribution in [0.5, 0.6) is 0 Å². The lowest BCUT2D eigenvalue weighted by atomic mass is 9.36. The molecule has 0 aliphatic heterocycles. The van der Waals surface area contributed by atoms with Crippen molar-refractivity contribution in [1.29, 1.82) is 0 Å². The third kappa shape index (κ3) is 22.0. The number of nitrogens with one attached hydrogen (secondary N) is 1. The minimum Gasteiger partial charge on any atom is -0.348 e. The topological polar surface area (TPSA) is 28.7 Å². The van der Waals surface area contributed by atoms with Crippen LogP contribution < -0.4 is 32.8 Å². The molecule has 0 bridgehead atoms. The van der Waals surface area contributed by atoms with Crippen molar-refractivity contribution < 1.29 is 132 Å². The molecule has 0 atom stereocenters. The monoisotopic (exact) mass is 1570 g/mol. The Morgan fingerprint density at radius 3 is 0.505 bits per heavy atom. The molecule has 1 aromatic heterocycles. The molecule has 0 aliphatic carbocycles. The second-order valence-electron chi connectivity index (χ2n) is 25.5. The van der Waals surface area contributed by atoms with Crippen LogP contribution in [0.1, 0.15) is 218 Å². The van der Waals surface area contributed by atoms with Crippen LogP contribution in [0.3, 0.4) is 0 Å². The number of aryl methyl sites for hydroxylation is 2. The summed E-state index contributed by atoms with van der Waals surface area (Å²) in [6.45, 7) is -3.31. The van der Waals surface area contributed by atoms with Gasteiger partial charge in [0.25, 0.3) is 13.4 Å². The third-order valence-corrected chi connectivity index (χ3v) is 18.0. The summed E-state index contributed by atoms with van der Waals surface area (Å²) >= 11 is 0. The van der Waals surface area contributed by atoms with Gasteiger partial charge in [0.15, 0.2) is 175 Å². The van der Waals surface area contributed by atoms with Gasteiger partial charge < -0.3 is 4.98 Å². The number of hydrogen-bond acceptors (Lipinski definition) is 1. The SMILES string of the molecule is CCCCCCCCCCCCCCCCCc1nc[nH]c1CCCCCCCCCCCCCCCCC.Fc1c(F)c(F)c(B(c2c(F)c(F)c(F)c(F)c2F)c2c(F)c(F)c(F)c(F)c2F)c(F)c1F.Fc1c(F)c(F)c(B(c2c(F)c(F)c(F)c(F)c2F)c2c(F)c(F)c(F)c(F)c2F)c(F)c1F. The van der Waals surface area contributed by atoms with E-state index in [2.05, 4.69) is 23.8 Å². The normalized spacial score (nSPS) is 11.4. The van der Waals surface area contributed by atoms with Gasteiger partial charge in [0.1, 0.15) is 0 Å². The van der Waals surface area contributed by atoms with E-state index in [0.29, 0.717) is 0 Å². The minimum absolute atomic E-state index is 1.18. The van der Waals surface area contributed by atoms with Gasteiger partial charge in [-0.15, -0.1) is 0 Å². The van der Waals surface area contributed by atoms with Gasteiger partial charge >= 0.3 is 0 Å². The molecule has 590 valence electrons. The van der Waals surface area contributed by atoms with Crippen molar-refractivity contribution in [2.24, 2.45) is 0 Å². The molecule has 7 aromatic rings. The Labute approximate surface area is 597 Å². The lowest BCUT2D eigenvalue weighted by Gasteiger charge is -2.21. The standard InChI is InChI=1S/C37H72N2.2C18BF15/c1-3-5-7-9-11-13-15-17-19-21-23-25-27-29-31-33-36-37(39-35-38-36)34-32-30-28-26-24-22-20-18-16-14-12-10-8-6-4-2;2*20-4-1(5(21)11(27)16(32)10(4)26)19(2-6(22)12(28)17(33)13(29)7(2)23)3-8(24)14(30)18(34)15(31)9(3)25/h35H,3-34H2,1-2H3,(H,38,39);;. The molecular formula is C73H72B2F30N2. The molecular weight excluding hydrogens is 1500 g/mol. The summed E-state index contributed by atoms with van der Waals surface area (Å²) in [5.74, 6) is -90.4. The zero-order valence-electron chi connectivity index (χ0n) is 57.6. The van der Waals surface area contributed by atoms with Crippen molar-refractivity contribution >= 4 is 46.2 Å². The Kier molecular flexibility index (Phi) is 36.3. The molecule has 0 amide bonds. The van der Waals surface area contributed by atoms with E-state index < -0.39 is 221 Å². The molecule has 107 heavy (non-hydrogen) atoms. The average Bonchev–Trinajstić information content (AvgIpc) is 0.853. The lowest BCUT2D eigenvalue weighted by molar-refractivity contribution is 0.380. The maximum atomic E-state index is 14.4. The smallest absolute Gasteiger partial charge is 0.265 e. The molecule has 1 heterocycles. The van der Waals surface area contributed by atoms with Gasteiger partial charge in [0.2, 0.25) is 0 Å². The first kappa shape index (κ1) is 90.2. The molecule has 7 rings (SSSR count). The van der Waals surface area contributed by atoms with Crippen LogP contribution >= 0.6 is 0 Å². The second kappa shape index (κ2) is 43.1. The number of nitrogens with zero attached hydrogens (tertiary/aromatic N) is 1. The van der Waals surface area contributed by atoms with E-state index in [1.54, 1.807) is 0 Å². The summed E-state index contributed by atoms with van der Waals surface area (Å²) in [6, 6.07) is 0. The fourth-order valence-corrected chi connectivity index (χ4v) is 12.2. The van der Waals surface area contributed by atoms with E-state index in [4.69, 9.17) is 0 Å². The van der Waals surface area contributed by atoms with Crippen LogP contribution in [0.4, 0.5) is 132 Å². The van der Waals surface area contributed by atoms with Crippen molar-refractivity contribution in [2.45, 2.75) is 219 Å². The highest BCUT2D eigenvalue weighted by molar-refractivity contribution is 6.96. The van der Waals surface area contributed by atoms with Crippen LogP contribution in [0.2, 0.25) is 0 Å². The molecule has 0 saturated heterocycles. The Hall–Kier alpha value is -7.44. The fourth-order valence-electron chi connectivity index (χ4n) is 12.2. The Morgan fingerprint density at radius 1 is 0.196 bits per heavy atom. The van der Waals surface area contributed by atoms with E-state index in [1.165, 1.54) is 217 Å². The number of halogens is 30. The first-order valence-corrected chi connectivity index (χ1v) is 34.8. The molecule has 0 aliphatic rings. The Balaban J connectivity index is 0.000000289. The minimum atomic E-state index is -3.96. The van der Waals surface area contributed by atoms with Crippen LogP contribution in [0.15, 0.2) is 6.33 Å². The van der Waals surface area contributed by atoms with Gasteiger partial charge in [-0.2, -0.15) is 0 Å². The number of aromatic nitrogens is 2. The quantitative estimate of drug-likeness (QED) is 0.0135. The second-order valence-corrected chi connectivity index (χ2v) is 25.5. The van der Waals surface area contributed by atoms with Crippen molar-refractivity contribution in [3.63, 3.8) is 0 Å². The molecule has 0 unspecified atom stereocenters. The van der Waals surface area contributed by atoms with E-state index in [1.807, 2.05) is 6.33 Å². The summed E-state index contributed by atoms with van der Waals surface area (Å²) in [5, 5.41) is 0. The van der Waals surface area contributed by atoms with Crippen molar-refractivity contribution in [1.82, 2.24) is 9.97 Å². The molecule has 0 radical (unpaired) electrons. The zero-order valence-corrected chi connectivity index (χ0v) is 57.6. The predicted molar refractivity (Wildman–Crippen MR) is 343 cm³/mol. The number of benzene rings is 6. The number of H-pyrrole nitrogens is 1.